The Balaban J connectivity index is 1.60. The molecule has 2 aromatic carbocycles. The van der Waals surface area contributed by atoms with E-state index in [1.807, 2.05) is 0 Å². The number of sulfonamides is 1. The number of hydrogen-bond donors (Lipinski definition) is 1. The average molecular weight is 465 g/mol. The Morgan fingerprint density at radius 3 is 2.47 bits per heavy atom. The van der Waals surface area contributed by atoms with Crippen molar-refractivity contribution in [2.24, 2.45) is 0 Å². The zero-order valence-corrected chi connectivity index (χ0v) is 19.3. The van der Waals surface area contributed by atoms with Crippen molar-refractivity contribution in [2.75, 3.05) is 58.3 Å². The van der Waals surface area contributed by atoms with E-state index in [-0.39, 0.29) is 12.6 Å². The van der Waals surface area contributed by atoms with Gasteiger partial charge in [0, 0.05) is 64.1 Å². The summed E-state index contributed by atoms with van der Waals surface area (Å²) in [5, 5.41) is 0. The first-order valence-electron chi connectivity index (χ1n) is 11.0. The Kier molecular flexibility index (Phi) is 6.80. The van der Waals surface area contributed by atoms with Gasteiger partial charge in [-0.3, -0.25) is 4.90 Å². The van der Waals surface area contributed by atoms with Crippen molar-refractivity contribution in [3.05, 3.63) is 59.2 Å². The Morgan fingerprint density at radius 2 is 1.75 bits per heavy atom. The highest BCUT2D eigenvalue weighted by Crippen LogP contribution is 2.31. The molecule has 2 heterocycles. The Morgan fingerprint density at radius 1 is 1.00 bits per heavy atom. The normalized spacial score (nSPS) is 19.1. The van der Waals surface area contributed by atoms with E-state index in [0.29, 0.717) is 6.07 Å². The van der Waals surface area contributed by atoms with Crippen LogP contribution in [0.2, 0.25) is 0 Å². The van der Waals surface area contributed by atoms with E-state index < -0.39 is 26.6 Å². The molecule has 0 aromatic heterocycles. The van der Waals surface area contributed by atoms with Gasteiger partial charge in [-0.2, -0.15) is 0 Å². The van der Waals surface area contributed by atoms with Crippen LogP contribution in [0, 0.1) is 11.6 Å². The quantitative estimate of drug-likeness (QED) is 0.712. The third-order valence-electron chi connectivity index (χ3n) is 6.47. The molecule has 1 saturated heterocycles. The van der Waals surface area contributed by atoms with Gasteiger partial charge in [-0.05, 0) is 49.2 Å². The number of piperazine rings is 1. The Hall–Kier alpha value is -2.07. The van der Waals surface area contributed by atoms with Gasteiger partial charge in [0.25, 0.3) is 0 Å². The second-order valence-corrected chi connectivity index (χ2v) is 10.4. The van der Waals surface area contributed by atoms with Crippen molar-refractivity contribution in [2.45, 2.75) is 23.8 Å². The molecule has 1 N–H and O–H groups in total. The van der Waals surface area contributed by atoms with Gasteiger partial charge in [0.05, 0.1) is 0 Å². The first kappa shape index (κ1) is 23.1. The number of fused-ring (bicyclic) bond motifs is 1. The topological polar surface area (TPSA) is 55.9 Å². The molecule has 9 heteroatoms. The summed E-state index contributed by atoms with van der Waals surface area (Å²) in [4.78, 5) is 6.22. The molecule has 2 aliphatic rings. The van der Waals surface area contributed by atoms with E-state index in [4.69, 9.17) is 0 Å². The highest BCUT2D eigenvalue weighted by molar-refractivity contribution is 7.89. The summed E-state index contributed by atoms with van der Waals surface area (Å²) < 4.78 is 55.6. The molecule has 0 radical (unpaired) electrons. The summed E-state index contributed by atoms with van der Waals surface area (Å²) in [6.45, 7) is 4.54. The molecule has 0 spiro atoms. The molecule has 32 heavy (non-hydrogen) atoms. The fourth-order valence-corrected chi connectivity index (χ4v) is 5.66. The number of benzene rings is 2. The number of aryl methyl sites for hydroxylation is 1. The lowest BCUT2D eigenvalue weighted by atomic mass is 9.95. The lowest BCUT2D eigenvalue weighted by molar-refractivity contribution is 0.113. The summed E-state index contributed by atoms with van der Waals surface area (Å²) >= 11 is 0. The number of halogens is 2. The molecule has 1 fully saturated rings. The molecule has 4 rings (SSSR count). The number of nitrogens with one attached hydrogen (secondary N) is 1. The van der Waals surface area contributed by atoms with E-state index in [1.54, 1.807) is 0 Å². The molecule has 0 aliphatic carbocycles. The third-order valence-corrected chi connectivity index (χ3v) is 7.92. The van der Waals surface area contributed by atoms with Gasteiger partial charge in [0.15, 0.2) is 0 Å². The standard InChI is InChI=1S/C23H30F2N4O2S/c1-27-10-12-29(13-11-27)22(18-5-7-21-17(14-18)4-3-9-28(21)2)16-26-32(30,31)23-8-6-19(24)15-20(23)25/h5-8,14-15,22,26H,3-4,9-13,16H2,1-2H3/t22-/m0/s1. The largest absolute Gasteiger partial charge is 0.374 e. The molecule has 1 atom stereocenters. The predicted octanol–water partition coefficient (Wildman–Crippen LogP) is 2.61. The Labute approximate surface area is 188 Å². The van der Waals surface area contributed by atoms with Gasteiger partial charge < -0.3 is 9.80 Å². The van der Waals surface area contributed by atoms with E-state index in [0.717, 1.165) is 63.3 Å². The molecule has 0 amide bonds. The number of hydrogen-bond acceptors (Lipinski definition) is 5. The minimum absolute atomic E-state index is 0.109. The molecule has 0 unspecified atom stereocenters. The summed E-state index contributed by atoms with van der Waals surface area (Å²) in [5.41, 5.74) is 3.53. The van der Waals surface area contributed by atoms with E-state index in [9.17, 15) is 17.2 Å². The highest BCUT2D eigenvalue weighted by Gasteiger charge is 2.28. The average Bonchev–Trinajstić information content (AvgIpc) is 2.75. The van der Waals surface area contributed by atoms with Gasteiger partial charge in [0.1, 0.15) is 16.5 Å². The number of likely N-dealkylation sites (N-methyl/N-ethyl adjacent to an activating group) is 1. The molecular formula is C23H30F2N4O2S. The van der Waals surface area contributed by atoms with Crippen molar-refractivity contribution < 1.29 is 17.2 Å². The van der Waals surface area contributed by atoms with E-state index in [1.165, 1.54) is 11.3 Å². The van der Waals surface area contributed by atoms with Gasteiger partial charge in [0.2, 0.25) is 10.0 Å². The van der Waals surface area contributed by atoms with Crippen LogP contribution in [0.25, 0.3) is 0 Å². The lowest BCUT2D eigenvalue weighted by Crippen LogP contribution is -2.48. The van der Waals surface area contributed by atoms with Crippen LogP contribution in [0.5, 0.6) is 0 Å². The number of anilines is 1. The maximum Gasteiger partial charge on any atom is 0.243 e. The maximum atomic E-state index is 14.1. The Bertz CT molecular complexity index is 1070. The van der Waals surface area contributed by atoms with Crippen LogP contribution in [-0.4, -0.2) is 71.6 Å². The molecule has 6 nitrogen and oxygen atoms in total. The predicted molar refractivity (Wildman–Crippen MR) is 121 cm³/mol. The monoisotopic (exact) mass is 464 g/mol. The van der Waals surface area contributed by atoms with Crippen LogP contribution in [0.15, 0.2) is 41.3 Å². The fourth-order valence-electron chi connectivity index (χ4n) is 4.56. The molecule has 0 saturated carbocycles. The minimum atomic E-state index is -4.12. The van der Waals surface area contributed by atoms with E-state index >= 15 is 0 Å². The van der Waals surface area contributed by atoms with Gasteiger partial charge in [-0.1, -0.05) is 12.1 Å². The smallest absolute Gasteiger partial charge is 0.243 e. The zero-order valence-electron chi connectivity index (χ0n) is 18.5. The second kappa shape index (κ2) is 9.43. The van der Waals surface area contributed by atoms with Crippen molar-refractivity contribution in [1.82, 2.24) is 14.5 Å². The third kappa shape index (κ3) is 4.96. The second-order valence-electron chi connectivity index (χ2n) is 8.69. The lowest BCUT2D eigenvalue weighted by Gasteiger charge is -2.39. The van der Waals surface area contributed by atoms with Gasteiger partial charge in [-0.15, -0.1) is 0 Å². The zero-order chi connectivity index (χ0) is 22.9. The SMILES string of the molecule is CN1CCN([C@@H](CNS(=O)(=O)c2ccc(F)cc2F)c2ccc3c(c2)CCCN3C)CC1. The van der Waals surface area contributed by atoms with Crippen LogP contribution in [0.3, 0.4) is 0 Å². The molecule has 174 valence electrons. The highest BCUT2D eigenvalue weighted by atomic mass is 32.2. The molecule has 2 aromatic rings. The van der Waals surface area contributed by atoms with E-state index in [2.05, 4.69) is 51.7 Å². The van der Waals surface area contributed by atoms with Gasteiger partial charge in [-0.25, -0.2) is 21.9 Å². The van der Waals surface area contributed by atoms with Crippen LogP contribution < -0.4 is 9.62 Å². The summed E-state index contributed by atoms with van der Waals surface area (Å²) in [5.74, 6) is -1.90. The molecule has 2 aliphatic heterocycles. The summed E-state index contributed by atoms with van der Waals surface area (Å²) in [6, 6.07) is 8.69. The fraction of sp³-hybridized carbons (Fsp3) is 0.478. The van der Waals surface area contributed by atoms with Crippen molar-refractivity contribution >= 4 is 15.7 Å². The summed E-state index contributed by atoms with van der Waals surface area (Å²) in [6.07, 6.45) is 2.08. The van der Waals surface area contributed by atoms with Crippen LogP contribution in [-0.2, 0) is 16.4 Å². The minimum Gasteiger partial charge on any atom is -0.374 e. The molecule has 0 bridgehead atoms. The van der Waals surface area contributed by atoms with Gasteiger partial charge >= 0.3 is 0 Å². The molecular weight excluding hydrogens is 434 g/mol. The van der Waals surface area contributed by atoms with Crippen molar-refractivity contribution in [1.29, 1.82) is 0 Å². The van der Waals surface area contributed by atoms with Crippen LogP contribution in [0.1, 0.15) is 23.6 Å². The number of rotatable bonds is 6. The van der Waals surface area contributed by atoms with Crippen molar-refractivity contribution in [3.63, 3.8) is 0 Å². The first-order valence-corrected chi connectivity index (χ1v) is 12.4. The summed E-state index contributed by atoms with van der Waals surface area (Å²) in [7, 11) is 0.0315. The first-order chi connectivity index (χ1) is 15.2. The number of nitrogens with zero attached hydrogens (tertiary/aromatic N) is 3. The maximum absolute atomic E-state index is 14.1. The van der Waals surface area contributed by atoms with Crippen LogP contribution in [0.4, 0.5) is 14.5 Å². The van der Waals surface area contributed by atoms with Crippen molar-refractivity contribution in [3.8, 4) is 0 Å². The van der Waals surface area contributed by atoms with Crippen LogP contribution >= 0.6 is 0 Å².